The lowest BCUT2D eigenvalue weighted by Gasteiger charge is -2.11. The van der Waals surface area contributed by atoms with E-state index in [9.17, 15) is 0 Å². The van der Waals surface area contributed by atoms with Crippen molar-refractivity contribution >= 4 is 12.4 Å². The second kappa shape index (κ2) is 1.79. The van der Waals surface area contributed by atoms with Crippen LogP contribution in [0.15, 0.2) is 22.1 Å². The Morgan fingerprint density at radius 1 is 1.56 bits per heavy atom. The monoisotopic (exact) mass is 119 g/mol. The van der Waals surface area contributed by atoms with Gasteiger partial charge in [0.25, 0.3) is 0 Å². The first-order valence-electron chi connectivity index (χ1n) is 3.10. The van der Waals surface area contributed by atoms with Crippen molar-refractivity contribution < 1.29 is 0 Å². The van der Waals surface area contributed by atoms with Gasteiger partial charge in [-0.3, -0.25) is 9.98 Å². The van der Waals surface area contributed by atoms with E-state index >= 15 is 0 Å². The van der Waals surface area contributed by atoms with Gasteiger partial charge in [0.1, 0.15) is 6.21 Å². The van der Waals surface area contributed by atoms with Gasteiger partial charge >= 0.3 is 0 Å². The van der Waals surface area contributed by atoms with E-state index < -0.39 is 0 Å². The van der Waals surface area contributed by atoms with Crippen LogP contribution in [-0.4, -0.2) is 24.5 Å². The molecule has 1 radical (unpaired) electrons. The molecular formula is C7H7N2. The molecule has 0 saturated heterocycles. The quantitative estimate of drug-likeness (QED) is 0.420. The Balaban J connectivity index is 2.25. The van der Waals surface area contributed by atoms with Crippen molar-refractivity contribution in [2.24, 2.45) is 9.98 Å². The second-order valence-electron chi connectivity index (χ2n) is 2.26. The summed E-state index contributed by atoms with van der Waals surface area (Å²) in [5, 5.41) is 0. The molecule has 2 heteroatoms. The first-order chi connectivity index (χ1) is 4.47. The number of hydrogen-bond donors (Lipinski definition) is 0. The van der Waals surface area contributed by atoms with E-state index in [0.717, 1.165) is 6.42 Å². The predicted molar refractivity (Wildman–Crippen MR) is 37.3 cm³/mol. The van der Waals surface area contributed by atoms with E-state index in [0.29, 0.717) is 12.1 Å². The van der Waals surface area contributed by atoms with Crippen LogP contribution in [-0.2, 0) is 0 Å². The highest BCUT2D eigenvalue weighted by atomic mass is 14.9. The smallest absolute Gasteiger partial charge is 0.103 e. The van der Waals surface area contributed by atoms with E-state index in [2.05, 4.69) is 28.4 Å². The normalized spacial score (nSPS) is 37.3. The maximum atomic E-state index is 4.20. The highest BCUT2D eigenvalue weighted by molar-refractivity contribution is 6.16. The van der Waals surface area contributed by atoms with E-state index in [1.54, 1.807) is 6.21 Å². The Labute approximate surface area is 54.0 Å². The minimum atomic E-state index is 0.301. The molecule has 0 fully saturated rings. The molecule has 0 saturated carbocycles. The summed E-state index contributed by atoms with van der Waals surface area (Å²) in [6.07, 6.45) is 9.67. The molecule has 1 aliphatic heterocycles. The minimum absolute atomic E-state index is 0.301. The van der Waals surface area contributed by atoms with Crippen molar-refractivity contribution in [2.45, 2.75) is 18.5 Å². The zero-order chi connectivity index (χ0) is 6.10. The molecule has 0 bridgehead atoms. The lowest BCUT2D eigenvalue weighted by Crippen LogP contribution is -2.19. The van der Waals surface area contributed by atoms with E-state index in [1.807, 2.05) is 0 Å². The third-order valence-corrected chi connectivity index (χ3v) is 1.65. The zero-order valence-corrected chi connectivity index (χ0v) is 4.99. The van der Waals surface area contributed by atoms with Crippen LogP contribution in [0.2, 0.25) is 0 Å². The van der Waals surface area contributed by atoms with Crippen LogP contribution in [0.1, 0.15) is 6.42 Å². The number of hydrogen-bond acceptors (Lipinski definition) is 2. The fourth-order valence-corrected chi connectivity index (χ4v) is 1.15. The molecule has 2 nitrogen and oxygen atoms in total. The molecular weight excluding hydrogens is 112 g/mol. The molecule has 0 aromatic heterocycles. The van der Waals surface area contributed by atoms with Gasteiger partial charge < -0.3 is 0 Å². The van der Waals surface area contributed by atoms with Gasteiger partial charge in [-0.15, -0.1) is 0 Å². The maximum Gasteiger partial charge on any atom is 0.103 e. The van der Waals surface area contributed by atoms with Crippen LogP contribution in [0.25, 0.3) is 0 Å². The average Bonchev–Trinajstić information content (AvgIpc) is 2.33. The van der Waals surface area contributed by atoms with Crippen LogP contribution < -0.4 is 0 Å². The van der Waals surface area contributed by atoms with E-state index in [4.69, 9.17) is 0 Å². The van der Waals surface area contributed by atoms with Gasteiger partial charge in [-0.05, 0) is 6.42 Å². The highest BCUT2D eigenvalue weighted by Gasteiger charge is 2.21. The Morgan fingerprint density at radius 3 is 3.44 bits per heavy atom. The Morgan fingerprint density at radius 2 is 2.56 bits per heavy atom. The van der Waals surface area contributed by atoms with Gasteiger partial charge in [-0.1, -0.05) is 12.2 Å². The molecule has 2 rings (SSSR count). The van der Waals surface area contributed by atoms with Gasteiger partial charge in [0, 0.05) is 6.21 Å². The third-order valence-electron chi connectivity index (χ3n) is 1.65. The predicted octanol–water partition coefficient (Wildman–Crippen LogP) is 0.716. The Hall–Kier alpha value is -0.920. The third kappa shape index (κ3) is 0.707. The number of aliphatic imine (C=N–C) groups is 2. The summed E-state index contributed by atoms with van der Waals surface area (Å²) in [4.78, 5) is 8.30. The summed E-state index contributed by atoms with van der Waals surface area (Å²) in [5.41, 5.74) is 0. The van der Waals surface area contributed by atoms with Crippen molar-refractivity contribution in [3.63, 3.8) is 0 Å². The van der Waals surface area contributed by atoms with Crippen LogP contribution in [0.5, 0.6) is 0 Å². The number of nitrogens with zero attached hydrogens (tertiary/aromatic N) is 2. The number of fused-ring (bicyclic) bond motifs is 1. The van der Waals surface area contributed by atoms with Crippen molar-refractivity contribution in [1.82, 2.24) is 0 Å². The fourth-order valence-electron chi connectivity index (χ4n) is 1.15. The molecule has 2 aliphatic rings. The van der Waals surface area contributed by atoms with Gasteiger partial charge in [-0.2, -0.15) is 0 Å². The van der Waals surface area contributed by atoms with Crippen molar-refractivity contribution in [1.29, 1.82) is 0 Å². The van der Waals surface area contributed by atoms with Crippen molar-refractivity contribution in [3.8, 4) is 0 Å². The molecule has 1 aliphatic carbocycles. The van der Waals surface area contributed by atoms with Crippen LogP contribution in [0, 0.1) is 0 Å². The minimum Gasteiger partial charge on any atom is -0.285 e. The summed E-state index contributed by atoms with van der Waals surface area (Å²) in [6, 6.07) is 0.696. The van der Waals surface area contributed by atoms with Crippen molar-refractivity contribution in [3.05, 3.63) is 12.2 Å². The lowest BCUT2D eigenvalue weighted by atomic mass is 10.2. The molecule has 2 atom stereocenters. The first-order valence-corrected chi connectivity index (χ1v) is 3.10. The maximum absolute atomic E-state index is 4.20. The molecule has 9 heavy (non-hydrogen) atoms. The Kier molecular flexibility index (Phi) is 0.979. The second-order valence-corrected chi connectivity index (χ2v) is 2.26. The fraction of sp³-hybridized carbons (Fsp3) is 0.429. The summed E-state index contributed by atoms with van der Waals surface area (Å²) >= 11 is 0. The highest BCUT2D eigenvalue weighted by Crippen LogP contribution is 2.18. The first kappa shape index (κ1) is 4.91. The van der Waals surface area contributed by atoms with Gasteiger partial charge in [0.15, 0.2) is 0 Å². The van der Waals surface area contributed by atoms with Gasteiger partial charge in [0.05, 0.1) is 12.1 Å². The standard InChI is InChI=1S/C7H7N2/c1-2-6-7(3-1)9-5-4-8-6/h1-2,5-7H,3H2. The van der Waals surface area contributed by atoms with E-state index in [-0.39, 0.29) is 0 Å². The van der Waals surface area contributed by atoms with Crippen molar-refractivity contribution in [2.75, 3.05) is 0 Å². The zero-order valence-electron chi connectivity index (χ0n) is 4.99. The topological polar surface area (TPSA) is 24.7 Å². The molecule has 0 aromatic carbocycles. The number of rotatable bonds is 0. The molecule has 45 valence electrons. The van der Waals surface area contributed by atoms with Crippen LogP contribution in [0.3, 0.4) is 0 Å². The van der Waals surface area contributed by atoms with Gasteiger partial charge in [0.2, 0.25) is 0 Å². The molecule has 0 aromatic rings. The van der Waals surface area contributed by atoms with Gasteiger partial charge in [-0.25, -0.2) is 0 Å². The molecule has 2 unspecified atom stereocenters. The summed E-state index contributed by atoms with van der Waals surface area (Å²) in [5.74, 6) is 0. The lowest BCUT2D eigenvalue weighted by molar-refractivity contribution is 0.646. The molecule has 0 amide bonds. The molecule has 0 N–H and O–H groups in total. The molecule has 1 heterocycles. The SMILES string of the molecule is [C]1=NC2C=CCC2N=C1. The van der Waals surface area contributed by atoms with Crippen LogP contribution in [0.4, 0.5) is 0 Å². The summed E-state index contributed by atoms with van der Waals surface area (Å²) in [7, 11) is 0. The largest absolute Gasteiger partial charge is 0.285 e. The summed E-state index contributed by atoms with van der Waals surface area (Å²) < 4.78 is 0. The summed E-state index contributed by atoms with van der Waals surface area (Å²) in [6.45, 7) is 0. The average molecular weight is 119 g/mol. The Bertz CT molecular complexity index is 191. The van der Waals surface area contributed by atoms with E-state index in [1.165, 1.54) is 0 Å². The van der Waals surface area contributed by atoms with Crippen LogP contribution >= 0.6 is 0 Å². The molecule has 0 spiro atoms.